The number of carbonyl (C=O) groups is 1. The van der Waals surface area contributed by atoms with E-state index in [1.165, 1.54) is 0 Å². The Hall–Kier alpha value is -1.32. The van der Waals surface area contributed by atoms with Gasteiger partial charge in [-0.2, -0.15) is 5.10 Å². The molecule has 0 aliphatic heterocycles. The number of hydrogen-bond donors (Lipinski definition) is 1. The van der Waals surface area contributed by atoms with Gasteiger partial charge in [0.25, 0.3) is 0 Å². The third kappa shape index (κ3) is 1.95. The van der Waals surface area contributed by atoms with Gasteiger partial charge in [-0.25, -0.2) is 4.79 Å². The van der Waals surface area contributed by atoms with Gasteiger partial charge in [0.2, 0.25) is 0 Å². The van der Waals surface area contributed by atoms with Crippen LogP contribution in [-0.4, -0.2) is 20.9 Å². The summed E-state index contributed by atoms with van der Waals surface area (Å²) in [4.78, 5) is 10.8. The summed E-state index contributed by atoms with van der Waals surface area (Å²) in [5.41, 5.74) is 0.785. The quantitative estimate of drug-likeness (QED) is 0.786. The van der Waals surface area contributed by atoms with Gasteiger partial charge in [-0.3, -0.25) is 4.68 Å². The molecule has 0 radical (unpaired) electrons. The minimum atomic E-state index is -0.954. The van der Waals surface area contributed by atoms with E-state index >= 15 is 0 Å². The van der Waals surface area contributed by atoms with Crippen LogP contribution < -0.4 is 0 Å². The fourth-order valence-corrected chi connectivity index (χ4v) is 1.19. The molecule has 0 amide bonds. The maximum absolute atomic E-state index is 10.8. The lowest BCUT2D eigenvalue weighted by Gasteiger charge is -2.18. The van der Waals surface area contributed by atoms with Crippen LogP contribution in [0, 0.1) is 0 Å². The van der Waals surface area contributed by atoms with Crippen LogP contribution >= 0.6 is 0 Å². The Bertz CT molecular complexity index is 347. The summed E-state index contributed by atoms with van der Waals surface area (Å²) in [6.45, 7) is 7.90. The summed E-state index contributed by atoms with van der Waals surface area (Å²) in [7, 11) is 0. The Balaban J connectivity index is 3.20. The van der Waals surface area contributed by atoms with Crippen molar-refractivity contribution in [1.82, 2.24) is 9.78 Å². The van der Waals surface area contributed by atoms with Crippen LogP contribution in [-0.2, 0) is 12.0 Å². The highest BCUT2D eigenvalue weighted by Crippen LogP contribution is 2.16. The highest BCUT2D eigenvalue weighted by atomic mass is 16.4. The molecule has 78 valence electrons. The second kappa shape index (κ2) is 3.44. The monoisotopic (exact) mass is 196 g/mol. The van der Waals surface area contributed by atoms with Gasteiger partial charge < -0.3 is 5.11 Å². The second-order valence-electron chi connectivity index (χ2n) is 4.28. The van der Waals surface area contributed by atoms with Crippen molar-refractivity contribution in [2.45, 2.75) is 39.7 Å². The molecule has 1 heterocycles. The molecule has 0 spiro atoms. The molecule has 1 aromatic rings. The van der Waals surface area contributed by atoms with Gasteiger partial charge in [-0.1, -0.05) is 6.92 Å². The van der Waals surface area contributed by atoms with Crippen molar-refractivity contribution in [3.05, 3.63) is 17.5 Å². The summed E-state index contributed by atoms with van der Waals surface area (Å²) < 4.78 is 1.70. The zero-order valence-electron chi connectivity index (χ0n) is 9.03. The zero-order chi connectivity index (χ0) is 10.9. The van der Waals surface area contributed by atoms with Crippen LogP contribution in [0.1, 0.15) is 43.7 Å². The minimum Gasteiger partial charge on any atom is -0.476 e. The highest BCUT2D eigenvalue weighted by molar-refractivity contribution is 5.86. The van der Waals surface area contributed by atoms with Crippen molar-refractivity contribution >= 4 is 5.97 Å². The van der Waals surface area contributed by atoms with Crippen LogP contribution in [0.15, 0.2) is 6.20 Å². The molecule has 0 bridgehead atoms. The molecule has 0 saturated heterocycles. The smallest absolute Gasteiger partial charge is 0.356 e. The van der Waals surface area contributed by atoms with Crippen molar-refractivity contribution in [3.8, 4) is 0 Å². The number of hydrogen-bond acceptors (Lipinski definition) is 2. The molecule has 0 aromatic carbocycles. The van der Waals surface area contributed by atoms with E-state index in [-0.39, 0.29) is 11.2 Å². The van der Waals surface area contributed by atoms with E-state index in [9.17, 15) is 4.79 Å². The highest BCUT2D eigenvalue weighted by Gasteiger charge is 2.20. The molecule has 0 unspecified atom stereocenters. The van der Waals surface area contributed by atoms with Gasteiger partial charge >= 0.3 is 5.97 Å². The third-order valence-corrected chi connectivity index (χ3v) is 2.06. The van der Waals surface area contributed by atoms with E-state index in [0.717, 1.165) is 5.56 Å². The standard InChI is InChI=1S/C10H16N2O2/c1-5-7-6-12(10(2,3)4)11-8(7)9(13)14/h6H,5H2,1-4H3,(H,13,14). The van der Waals surface area contributed by atoms with Gasteiger partial charge in [0.15, 0.2) is 5.69 Å². The maximum Gasteiger partial charge on any atom is 0.356 e. The number of carboxylic acid groups (broad SMARTS) is 1. The van der Waals surface area contributed by atoms with Crippen molar-refractivity contribution < 1.29 is 9.90 Å². The number of aromatic nitrogens is 2. The summed E-state index contributed by atoms with van der Waals surface area (Å²) in [6.07, 6.45) is 2.50. The molecule has 1 N–H and O–H groups in total. The fourth-order valence-electron chi connectivity index (χ4n) is 1.19. The van der Waals surface area contributed by atoms with Crippen LogP contribution in [0.3, 0.4) is 0 Å². The SMILES string of the molecule is CCc1cn(C(C)(C)C)nc1C(=O)O. The molecule has 0 aliphatic rings. The molecular weight excluding hydrogens is 180 g/mol. The Labute approximate surface area is 83.5 Å². The molecule has 1 rings (SSSR count). The predicted molar refractivity (Wildman–Crippen MR) is 53.6 cm³/mol. The molecule has 1 aromatic heterocycles. The van der Waals surface area contributed by atoms with Gasteiger partial charge in [0, 0.05) is 11.8 Å². The molecule has 0 saturated carbocycles. The van der Waals surface area contributed by atoms with Crippen molar-refractivity contribution in [1.29, 1.82) is 0 Å². The first-order valence-electron chi connectivity index (χ1n) is 4.68. The topological polar surface area (TPSA) is 55.1 Å². The molecule has 4 nitrogen and oxygen atoms in total. The van der Waals surface area contributed by atoms with Gasteiger partial charge in [0.05, 0.1) is 5.54 Å². The third-order valence-electron chi connectivity index (χ3n) is 2.06. The van der Waals surface area contributed by atoms with Gasteiger partial charge in [-0.15, -0.1) is 0 Å². The summed E-state index contributed by atoms with van der Waals surface area (Å²) in [5, 5.41) is 13.0. The summed E-state index contributed by atoms with van der Waals surface area (Å²) in [6, 6.07) is 0. The average molecular weight is 196 g/mol. The summed E-state index contributed by atoms with van der Waals surface area (Å²) >= 11 is 0. The van der Waals surface area contributed by atoms with E-state index in [4.69, 9.17) is 5.11 Å². The summed E-state index contributed by atoms with van der Waals surface area (Å²) in [5.74, 6) is -0.954. The lowest BCUT2D eigenvalue weighted by Crippen LogP contribution is -2.22. The number of aryl methyl sites for hydroxylation is 1. The normalized spacial score (nSPS) is 11.7. The lowest BCUT2D eigenvalue weighted by atomic mass is 10.1. The van der Waals surface area contributed by atoms with Crippen molar-refractivity contribution in [3.63, 3.8) is 0 Å². The van der Waals surface area contributed by atoms with E-state index < -0.39 is 5.97 Å². The van der Waals surface area contributed by atoms with Crippen LogP contribution in [0.25, 0.3) is 0 Å². The predicted octanol–water partition coefficient (Wildman–Crippen LogP) is 1.90. The number of carboxylic acids is 1. The first-order valence-corrected chi connectivity index (χ1v) is 4.68. The van der Waals surface area contributed by atoms with E-state index in [1.807, 2.05) is 33.9 Å². The molecular formula is C10H16N2O2. The van der Waals surface area contributed by atoms with Crippen LogP contribution in [0.4, 0.5) is 0 Å². The Morgan fingerprint density at radius 2 is 2.14 bits per heavy atom. The Morgan fingerprint density at radius 3 is 2.43 bits per heavy atom. The number of aromatic carboxylic acids is 1. The van der Waals surface area contributed by atoms with Crippen LogP contribution in [0.2, 0.25) is 0 Å². The van der Waals surface area contributed by atoms with Crippen molar-refractivity contribution in [2.24, 2.45) is 0 Å². The molecule has 0 aliphatic carbocycles. The van der Waals surface area contributed by atoms with Crippen molar-refractivity contribution in [2.75, 3.05) is 0 Å². The number of nitrogens with zero attached hydrogens (tertiary/aromatic N) is 2. The Morgan fingerprint density at radius 1 is 1.57 bits per heavy atom. The van der Waals surface area contributed by atoms with E-state index in [0.29, 0.717) is 6.42 Å². The number of rotatable bonds is 2. The zero-order valence-corrected chi connectivity index (χ0v) is 9.03. The average Bonchev–Trinajstić information content (AvgIpc) is 2.45. The largest absolute Gasteiger partial charge is 0.476 e. The maximum atomic E-state index is 10.8. The molecule has 14 heavy (non-hydrogen) atoms. The second-order valence-corrected chi connectivity index (χ2v) is 4.28. The van der Waals surface area contributed by atoms with Crippen LogP contribution in [0.5, 0.6) is 0 Å². The molecule has 4 heteroatoms. The van der Waals surface area contributed by atoms with Gasteiger partial charge in [0.1, 0.15) is 0 Å². The fraction of sp³-hybridized carbons (Fsp3) is 0.600. The first-order chi connectivity index (χ1) is 6.36. The first kappa shape index (κ1) is 10.8. The van der Waals surface area contributed by atoms with Gasteiger partial charge in [-0.05, 0) is 27.2 Å². The lowest BCUT2D eigenvalue weighted by molar-refractivity contribution is 0.0687. The molecule has 0 fully saturated rings. The van der Waals surface area contributed by atoms with E-state index in [2.05, 4.69) is 5.10 Å². The minimum absolute atomic E-state index is 0.169. The Kier molecular flexibility index (Phi) is 2.64. The molecule has 0 atom stereocenters. The van der Waals surface area contributed by atoms with E-state index in [1.54, 1.807) is 4.68 Å².